The quantitative estimate of drug-likeness (QED) is 0.519. The smallest absolute Gasteiger partial charge is 0.312 e. The minimum atomic E-state index is -0.421. The van der Waals surface area contributed by atoms with Gasteiger partial charge in [0.15, 0.2) is 17.3 Å². The number of aromatic hydroxyl groups is 1. The third kappa shape index (κ3) is 2.19. The number of carbonyl (C=O) groups is 2. The summed E-state index contributed by atoms with van der Waals surface area (Å²) >= 11 is 0. The molecule has 0 unspecified atom stereocenters. The molecule has 24 heavy (non-hydrogen) atoms. The van der Waals surface area contributed by atoms with Gasteiger partial charge in [0, 0.05) is 11.5 Å². The Kier molecular flexibility index (Phi) is 3.19. The van der Waals surface area contributed by atoms with Gasteiger partial charge in [0.05, 0.1) is 12.0 Å². The van der Waals surface area contributed by atoms with E-state index in [1.165, 1.54) is 13.0 Å². The van der Waals surface area contributed by atoms with Crippen LogP contribution < -0.4 is 14.2 Å². The van der Waals surface area contributed by atoms with Crippen LogP contribution in [-0.2, 0) is 4.79 Å². The minimum Gasteiger partial charge on any atom is -0.507 e. The van der Waals surface area contributed by atoms with Crippen LogP contribution in [0.4, 0.5) is 0 Å². The number of Topliss-reactive ketones (excluding diaryl/α,β-unsaturated/α-hetero) is 1. The third-order valence-electron chi connectivity index (χ3n) is 4.30. The minimum absolute atomic E-state index is 0.0710. The van der Waals surface area contributed by atoms with E-state index >= 15 is 0 Å². The fraction of sp³-hybridized carbons (Fsp3) is 0.222. The highest BCUT2D eigenvalue weighted by Crippen LogP contribution is 2.47. The fourth-order valence-corrected chi connectivity index (χ4v) is 3.15. The monoisotopic (exact) mass is 326 g/mol. The molecule has 0 spiro atoms. The van der Waals surface area contributed by atoms with Crippen molar-refractivity contribution in [3.05, 3.63) is 47.0 Å². The Balaban J connectivity index is 1.87. The number of ether oxygens (including phenoxy) is 3. The van der Waals surface area contributed by atoms with Gasteiger partial charge >= 0.3 is 5.97 Å². The predicted molar refractivity (Wildman–Crippen MR) is 82.8 cm³/mol. The van der Waals surface area contributed by atoms with Crippen LogP contribution in [-0.4, -0.2) is 23.7 Å². The maximum atomic E-state index is 11.9. The average Bonchev–Trinajstić information content (AvgIpc) is 3.01. The number of ketones is 1. The summed E-state index contributed by atoms with van der Waals surface area (Å²) in [6.45, 7) is 1.54. The van der Waals surface area contributed by atoms with E-state index in [0.717, 1.165) is 5.56 Å². The van der Waals surface area contributed by atoms with Crippen LogP contribution in [0.25, 0.3) is 0 Å². The second kappa shape index (κ2) is 5.26. The van der Waals surface area contributed by atoms with Gasteiger partial charge in [0.1, 0.15) is 11.5 Å². The topological polar surface area (TPSA) is 82.1 Å². The Bertz CT molecular complexity index is 870. The number of rotatable bonds is 2. The Morgan fingerprint density at radius 2 is 1.88 bits per heavy atom. The second-order valence-corrected chi connectivity index (χ2v) is 5.77. The van der Waals surface area contributed by atoms with E-state index in [0.29, 0.717) is 17.1 Å². The average molecular weight is 326 g/mol. The Morgan fingerprint density at radius 3 is 2.67 bits per heavy atom. The summed E-state index contributed by atoms with van der Waals surface area (Å²) in [6, 6.07) is 8.38. The fourth-order valence-electron chi connectivity index (χ4n) is 3.15. The molecule has 4 rings (SSSR count). The standard InChI is InChI=1S/C18H14O6/c1-9(19)11-3-5-14-17(18(11)21)12(7-16(20)24-14)10-2-4-13-15(6-10)23-8-22-13/h2-6,12,21H,7-8H2,1H3/t12-/m0/s1. The van der Waals surface area contributed by atoms with Gasteiger partial charge < -0.3 is 19.3 Å². The largest absolute Gasteiger partial charge is 0.507 e. The molecule has 0 aliphatic carbocycles. The molecule has 6 nitrogen and oxygen atoms in total. The lowest BCUT2D eigenvalue weighted by Crippen LogP contribution is -2.21. The molecule has 1 N–H and O–H groups in total. The van der Waals surface area contributed by atoms with Crippen molar-refractivity contribution in [3.8, 4) is 23.0 Å². The molecule has 0 aromatic heterocycles. The molecule has 0 saturated heterocycles. The van der Waals surface area contributed by atoms with Crippen LogP contribution in [0.3, 0.4) is 0 Å². The zero-order chi connectivity index (χ0) is 16.8. The van der Waals surface area contributed by atoms with E-state index in [9.17, 15) is 14.7 Å². The number of benzene rings is 2. The van der Waals surface area contributed by atoms with Gasteiger partial charge in [-0.05, 0) is 36.8 Å². The van der Waals surface area contributed by atoms with Crippen molar-refractivity contribution in [2.75, 3.05) is 6.79 Å². The molecular formula is C18H14O6. The lowest BCUT2D eigenvalue weighted by molar-refractivity contribution is -0.135. The molecule has 2 aromatic carbocycles. The molecule has 2 aliphatic heterocycles. The number of hydrogen-bond acceptors (Lipinski definition) is 6. The second-order valence-electron chi connectivity index (χ2n) is 5.77. The van der Waals surface area contributed by atoms with Crippen molar-refractivity contribution >= 4 is 11.8 Å². The van der Waals surface area contributed by atoms with Gasteiger partial charge in [-0.3, -0.25) is 9.59 Å². The van der Waals surface area contributed by atoms with E-state index in [1.54, 1.807) is 18.2 Å². The highest BCUT2D eigenvalue weighted by Gasteiger charge is 2.33. The molecule has 0 saturated carbocycles. The summed E-state index contributed by atoms with van der Waals surface area (Å²) in [5.41, 5.74) is 1.44. The van der Waals surface area contributed by atoms with Crippen molar-refractivity contribution in [3.63, 3.8) is 0 Å². The Hall–Kier alpha value is -3.02. The van der Waals surface area contributed by atoms with Crippen molar-refractivity contribution in [1.29, 1.82) is 0 Å². The van der Waals surface area contributed by atoms with Gasteiger partial charge in [0.25, 0.3) is 0 Å². The molecule has 0 fully saturated rings. The molecule has 122 valence electrons. The molecule has 0 amide bonds. The molecule has 1 atom stereocenters. The van der Waals surface area contributed by atoms with Crippen molar-refractivity contribution < 1.29 is 28.9 Å². The van der Waals surface area contributed by atoms with Crippen LogP contribution in [0.5, 0.6) is 23.0 Å². The molecular weight excluding hydrogens is 312 g/mol. The molecule has 0 radical (unpaired) electrons. The molecule has 2 aromatic rings. The van der Waals surface area contributed by atoms with E-state index in [-0.39, 0.29) is 42.0 Å². The number of carbonyl (C=O) groups excluding carboxylic acids is 2. The van der Waals surface area contributed by atoms with E-state index in [2.05, 4.69) is 0 Å². The van der Waals surface area contributed by atoms with Crippen LogP contribution in [0.1, 0.15) is 40.7 Å². The van der Waals surface area contributed by atoms with Gasteiger partial charge in [-0.2, -0.15) is 0 Å². The number of phenols is 1. The summed E-state index contributed by atoms with van der Waals surface area (Å²) in [5.74, 6) is 0.299. The molecule has 2 aliphatic rings. The Labute approximate surface area is 137 Å². The number of fused-ring (bicyclic) bond motifs is 2. The van der Waals surface area contributed by atoms with Crippen LogP contribution in [0, 0.1) is 0 Å². The van der Waals surface area contributed by atoms with Crippen LogP contribution in [0.2, 0.25) is 0 Å². The van der Waals surface area contributed by atoms with E-state index < -0.39 is 5.92 Å². The summed E-state index contributed by atoms with van der Waals surface area (Å²) in [5, 5.41) is 10.5. The SMILES string of the molecule is CC(=O)c1ccc2c(c1O)[C@H](c1ccc3c(c1)OCO3)CC(=O)O2. The third-order valence-corrected chi connectivity index (χ3v) is 4.30. The Morgan fingerprint density at radius 1 is 1.12 bits per heavy atom. The number of phenolic OH excluding ortho intramolecular Hbond substituents is 1. The van der Waals surface area contributed by atoms with Gasteiger partial charge in [0.2, 0.25) is 6.79 Å². The van der Waals surface area contributed by atoms with Crippen molar-refractivity contribution in [2.24, 2.45) is 0 Å². The molecule has 0 bridgehead atoms. The first kappa shape index (κ1) is 14.6. The number of hydrogen-bond donors (Lipinski definition) is 1. The van der Waals surface area contributed by atoms with Crippen molar-refractivity contribution in [1.82, 2.24) is 0 Å². The van der Waals surface area contributed by atoms with E-state index in [4.69, 9.17) is 14.2 Å². The lowest BCUT2D eigenvalue weighted by atomic mass is 9.84. The molecule has 2 heterocycles. The summed E-state index contributed by atoms with van der Waals surface area (Å²) in [6.07, 6.45) is 0.0710. The summed E-state index contributed by atoms with van der Waals surface area (Å²) in [4.78, 5) is 23.7. The maximum absolute atomic E-state index is 11.9. The first-order chi connectivity index (χ1) is 11.5. The number of esters is 1. The first-order valence-corrected chi connectivity index (χ1v) is 7.51. The highest BCUT2D eigenvalue weighted by molar-refractivity contribution is 5.98. The normalized spacial score (nSPS) is 18.0. The summed E-state index contributed by atoms with van der Waals surface area (Å²) < 4.78 is 15.9. The maximum Gasteiger partial charge on any atom is 0.312 e. The lowest BCUT2D eigenvalue weighted by Gasteiger charge is -2.26. The zero-order valence-electron chi connectivity index (χ0n) is 12.9. The van der Waals surface area contributed by atoms with Gasteiger partial charge in [-0.15, -0.1) is 0 Å². The highest BCUT2D eigenvalue weighted by atomic mass is 16.7. The zero-order valence-corrected chi connectivity index (χ0v) is 12.9. The summed E-state index contributed by atoms with van der Waals surface area (Å²) in [7, 11) is 0. The predicted octanol–water partition coefficient (Wildman–Crippen LogP) is 2.76. The van der Waals surface area contributed by atoms with Crippen LogP contribution in [0.15, 0.2) is 30.3 Å². The van der Waals surface area contributed by atoms with Crippen LogP contribution >= 0.6 is 0 Å². The van der Waals surface area contributed by atoms with Crippen molar-refractivity contribution in [2.45, 2.75) is 19.3 Å². The van der Waals surface area contributed by atoms with Gasteiger partial charge in [-0.25, -0.2) is 0 Å². The van der Waals surface area contributed by atoms with E-state index in [1.807, 2.05) is 6.07 Å². The first-order valence-electron chi connectivity index (χ1n) is 7.51. The molecule has 6 heteroatoms. The van der Waals surface area contributed by atoms with Gasteiger partial charge in [-0.1, -0.05) is 6.07 Å².